The van der Waals surface area contributed by atoms with Crippen LogP contribution in [-0.4, -0.2) is 59.8 Å². The van der Waals surface area contributed by atoms with E-state index in [1.165, 1.54) is 10.9 Å². The summed E-state index contributed by atoms with van der Waals surface area (Å²) in [6.45, 7) is 3.44. The number of nitrogens with two attached hydrogens (primary N) is 1. The maximum absolute atomic E-state index is 10.3. The zero-order chi connectivity index (χ0) is 17.4. The number of anilines is 1. The van der Waals surface area contributed by atoms with Crippen LogP contribution >= 0.6 is 0 Å². The fraction of sp³-hybridized carbons (Fsp3) is 0.533. The number of rotatable bonds is 2. The summed E-state index contributed by atoms with van der Waals surface area (Å²) in [6, 6.07) is 0. The number of nitrogen functional groups attached to an aromatic ring is 1. The van der Waals surface area contributed by atoms with Crippen LogP contribution in [0.5, 0.6) is 0 Å². The quantitative estimate of drug-likeness (QED) is 0.515. The monoisotopic (exact) mass is 333 g/mol. The molecular formula is C15H19N5O4. The van der Waals surface area contributed by atoms with E-state index in [0.717, 1.165) is 0 Å². The van der Waals surface area contributed by atoms with E-state index in [1.807, 2.05) is 13.8 Å². The molecule has 24 heavy (non-hydrogen) atoms. The van der Waals surface area contributed by atoms with Gasteiger partial charge in [-0.15, -0.1) is 0 Å². The molecule has 5 N–H and O–H groups in total. The molecule has 1 fully saturated rings. The maximum Gasteiger partial charge on any atom is 0.190 e. The van der Waals surface area contributed by atoms with E-state index in [1.54, 1.807) is 0 Å². The first kappa shape index (κ1) is 16.6. The number of ether oxygens (including phenoxy) is 1. The molecule has 128 valence electrons. The van der Waals surface area contributed by atoms with Gasteiger partial charge in [0.25, 0.3) is 0 Å². The van der Waals surface area contributed by atoms with Crippen LogP contribution in [0, 0.1) is 17.8 Å². The molecule has 3 heterocycles. The predicted molar refractivity (Wildman–Crippen MR) is 84.5 cm³/mol. The standard InChI is InChI=1S/C15H19N5O4/c1-7(2)3-4-9-19-10-13(16)17-6-18-14(10)20(9)15-12(23)11(22)8(5-21)24-15/h6-8,11-12,15,21-23H,5H2,1-2H3,(H2,16,17,18)/t8-,11?,12?,15-/m1/s1. The second-order valence-corrected chi connectivity index (χ2v) is 5.89. The van der Waals surface area contributed by atoms with E-state index in [9.17, 15) is 15.3 Å². The Morgan fingerprint density at radius 1 is 1.33 bits per heavy atom. The minimum atomic E-state index is -1.27. The van der Waals surface area contributed by atoms with Gasteiger partial charge in [-0.3, -0.25) is 4.57 Å². The predicted octanol–water partition coefficient (Wildman–Crippen LogP) is -0.972. The lowest BCUT2D eigenvalue weighted by molar-refractivity contribution is -0.0514. The zero-order valence-corrected chi connectivity index (χ0v) is 13.3. The molecule has 1 aliphatic rings. The Morgan fingerprint density at radius 3 is 2.71 bits per heavy atom. The van der Waals surface area contributed by atoms with Gasteiger partial charge in [0, 0.05) is 5.92 Å². The van der Waals surface area contributed by atoms with Crippen molar-refractivity contribution in [3.05, 3.63) is 12.2 Å². The van der Waals surface area contributed by atoms with Crippen molar-refractivity contribution in [2.75, 3.05) is 12.3 Å². The van der Waals surface area contributed by atoms with Crippen molar-refractivity contribution < 1.29 is 20.1 Å². The third-order valence-corrected chi connectivity index (χ3v) is 3.75. The van der Waals surface area contributed by atoms with E-state index < -0.39 is 31.1 Å². The van der Waals surface area contributed by atoms with Gasteiger partial charge in [-0.1, -0.05) is 19.8 Å². The number of hydrogen-bond acceptors (Lipinski definition) is 8. The smallest absolute Gasteiger partial charge is 0.190 e. The summed E-state index contributed by atoms with van der Waals surface area (Å²) in [5.74, 6) is 6.48. The van der Waals surface area contributed by atoms with E-state index in [-0.39, 0.29) is 11.7 Å². The Bertz CT molecular complexity index is 809. The molecule has 2 unspecified atom stereocenters. The van der Waals surface area contributed by atoms with E-state index in [2.05, 4.69) is 26.8 Å². The first-order valence-corrected chi connectivity index (χ1v) is 7.56. The summed E-state index contributed by atoms with van der Waals surface area (Å²) in [7, 11) is 0. The molecule has 1 saturated heterocycles. The lowest BCUT2D eigenvalue weighted by atomic mass is 10.1. The Kier molecular flexibility index (Phi) is 4.38. The van der Waals surface area contributed by atoms with Gasteiger partial charge in [-0.25, -0.2) is 15.0 Å². The van der Waals surface area contributed by atoms with Crippen LogP contribution in [0.4, 0.5) is 5.82 Å². The van der Waals surface area contributed by atoms with Gasteiger partial charge in [0.15, 0.2) is 29.0 Å². The van der Waals surface area contributed by atoms with Gasteiger partial charge in [-0.05, 0) is 5.92 Å². The molecule has 0 aromatic carbocycles. The van der Waals surface area contributed by atoms with Gasteiger partial charge in [0.2, 0.25) is 0 Å². The molecular weight excluding hydrogens is 314 g/mol. The minimum Gasteiger partial charge on any atom is -0.394 e. The van der Waals surface area contributed by atoms with Crippen LogP contribution in [0.1, 0.15) is 25.9 Å². The van der Waals surface area contributed by atoms with E-state index >= 15 is 0 Å². The summed E-state index contributed by atoms with van der Waals surface area (Å²) in [5.41, 5.74) is 6.52. The highest BCUT2D eigenvalue weighted by Gasteiger charge is 2.44. The van der Waals surface area contributed by atoms with Crippen LogP contribution in [0.15, 0.2) is 6.33 Å². The highest BCUT2D eigenvalue weighted by Crippen LogP contribution is 2.33. The Morgan fingerprint density at radius 2 is 2.08 bits per heavy atom. The number of fused-ring (bicyclic) bond motifs is 1. The number of nitrogens with zero attached hydrogens (tertiary/aromatic N) is 4. The Labute approximate surface area is 138 Å². The molecule has 1 aliphatic heterocycles. The summed E-state index contributed by atoms with van der Waals surface area (Å²) in [4.78, 5) is 12.4. The Balaban J connectivity index is 2.17. The van der Waals surface area contributed by atoms with Gasteiger partial charge in [-0.2, -0.15) is 0 Å². The molecule has 9 nitrogen and oxygen atoms in total. The largest absolute Gasteiger partial charge is 0.394 e. The SMILES string of the molecule is CC(C)C#Cc1nc2c(N)ncnc2n1[C@@H]1O[C@H](CO)C(O)C1O. The van der Waals surface area contributed by atoms with Crippen LogP contribution in [-0.2, 0) is 4.74 Å². The molecule has 9 heteroatoms. The molecule has 0 radical (unpaired) electrons. The molecule has 0 bridgehead atoms. The summed E-state index contributed by atoms with van der Waals surface area (Å²) >= 11 is 0. The van der Waals surface area contributed by atoms with Crippen LogP contribution < -0.4 is 5.73 Å². The number of aliphatic hydroxyl groups is 3. The average Bonchev–Trinajstić information content (AvgIpc) is 3.05. The van der Waals surface area contributed by atoms with E-state index in [0.29, 0.717) is 17.0 Å². The number of imidazole rings is 1. The average molecular weight is 333 g/mol. The van der Waals surface area contributed by atoms with Crippen molar-refractivity contribution in [3.63, 3.8) is 0 Å². The van der Waals surface area contributed by atoms with Gasteiger partial charge in [0.05, 0.1) is 6.61 Å². The highest BCUT2D eigenvalue weighted by molar-refractivity contribution is 5.82. The van der Waals surface area contributed by atoms with Gasteiger partial charge in [0.1, 0.15) is 24.6 Å². The van der Waals surface area contributed by atoms with E-state index in [4.69, 9.17) is 10.5 Å². The molecule has 0 amide bonds. The minimum absolute atomic E-state index is 0.104. The van der Waals surface area contributed by atoms with Gasteiger partial charge >= 0.3 is 0 Å². The van der Waals surface area contributed by atoms with Crippen LogP contribution in [0.3, 0.4) is 0 Å². The lowest BCUT2D eigenvalue weighted by Gasteiger charge is -2.17. The fourth-order valence-corrected chi connectivity index (χ4v) is 2.56. The van der Waals surface area contributed by atoms with Gasteiger partial charge < -0.3 is 25.8 Å². The number of hydrogen-bond donors (Lipinski definition) is 4. The molecule has 2 aromatic heterocycles. The van der Waals surface area contributed by atoms with Crippen molar-refractivity contribution in [2.24, 2.45) is 5.92 Å². The third kappa shape index (κ3) is 2.70. The molecule has 0 aliphatic carbocycles. The van der Waals surface area contributed by atoms with Crippen LogP contribution in [0.25, 0.3) is 11.2 Å². The highest BCUT2D eigenvalue weighted by atomic mass is 16.6. The van der Waals surface area contributed by atoms with Crippen molar-refractivity contribution in [1.82, 2.24) is 19.5 Å². The van der Waals surface area contributed by atoms with Crippen molar-refractivity contribution in [1.29, 1.82) is 0 Å². The first-order chi connectivity index (χ1) is 11.4. The topological polar surface area (TPSA) is 140 Å². The normalized spacial score (nSPS) is 26.8. The second-order valence-electron chi connectivity index (χ2n) is 5.89. The van der Waals surface area contributed by atoms with Crippen LogP contribution in [0.2, 0.25) is 0 Å². The lowest BCUT2D eigenvalue weighted by Crippen LogP contribution is -2.33. The first-order valence-electron chi connectivity index (χ1n) is 7.56. The summed E-state index contributed by atoms with van der Waals surface area (Å²) in [6.07, 6.45) is -3.13. The number of aromatic nitrogens is 4. The molecule has 2 aromatic rings. The molecule has 0 saturated carbocycles. The fourth-order valence-electron chi connectivity index (χ4n) is 2.56. The summed E-state index contributed by atoms with van der Waals surface area (Å²) in [5, 5.41) is 29.6. The molecule has 3 rings (SSSR count). The molecule has 0 spiro atoms. The Hall–Kier alpha value is -2.25. The summed E-state index contributed by atoms with van der Waals surface area (Å²) < 4.78 is 7.06. The number of aliphatic hydroxyl groups excluding tert-OH is 3. The maximum atomic E-state index is 10.3. The van der Waals surface area contributed by atoms with Crippen molar-refractivity contribution in [2.45, 2.75) is 38.4 Å². The third-order valence-electron chi connectivity index (χ3n) is 3.75. The van der Waals surface area contributed by atoms with Crippen molar-refractivity contribution >= 4 is 17.0 Å². The van der Waals surface area contributed by atoms with Crippen molar-refractivity contribution in [3.8, 4) is 11.8 Å². The zero-order valence-electron chi connectivity index (χ0n) is 13.3. The molecule has 4 atom stereocenters. The second kappa shape index (κ2) is 6.33.